The molecule has 0 aromatic carbocycles. The van der Waals surface area contributed by atoms with E-state index in [0.29, 0.717) is 12.1 Å². The summed E-state index contributed by atoms with van der Waals surface area (Å²) in [5, 5.41) is 12.2. The summed E-state index contributed by atoms with van der Waals surface area (Å²) in [6, 6.07) is 5.28. The third kappa shape index (κ3) is 2.47. The SMILES string of the molecule is Cc1ccc(CN(Cc2nnnn2C2CC2)C2CC2)o1. The molecule has 4 rings (SSSR count). The highest BCUT2D eigenvalue weighted by molar-refractivity contribution is 5.06. The average Bonchev–Trinajstić information content (AvgIpc) is 3.36. The molecule has 0 N–H and O–H groups in total. The minimum Gasteiger partial charge on any atom is -0.465 e. The lowest BCUT2D eigenvalue weighted by Crippen LogP contribution is -2.26. The van der Waals surface area contributed by atoms with Crippen molar-refractivity contribution in [2.45, 2.75) is 57.8 Å². The predicted octanol–water partition coefficient (Wildman–Crippen LogP) is 2.07. The van der Waals surface area contributed by atoms with Gasteiger partial charge in [-0.2, -0.15) is 0 Å². The second kappa shape index (κ2) is 4.70. The lowest BCUT2D eigenvalue weighted by molar-refractivity contribution is 0.214. The summed E-state index contributed by atoms with van der Waals surface area (Å²) in [6.07, 6.45) is 4.95. The second-order valence-corrected chi connectivity index (χ2v) is 5.92. The zero-order chi connectivity index (χ0) is 13.5. The van der Waals surface area contributed by atoms with Crippen LogP contribution in [0.1, 0.15) is 49.1 Å². The van der Waals surface area contributed by atoms with E-state index >= 15 is 0 Å². The van der Waals surface area contributed by atoms with Gasteiger partial charge in [0.25, 0.3) is 0 Å². The maximum absolute atomic E-state index is 5.70. The molecule has 106 valence electrons. The van der Waals surface area contributed by atoms with Crippen LogP contribution in [0.4, 0.5) is 0 Å². The molecule has 0 saturated heterocycles. The predicted molar refractivity (Wildman–Crippen MR) is 71.8 cm³/mol. The van der Waals surface area contributed by atoms with E-state index in [1.807, 2.05) is 17.7 Å². The number of nitrogens with zero attached hydrogens (tertiary/aromatic N) is 5. The van der Waals surface area contributed by atoms with Gasteiger partial charge in [0.1, 0.15) is 11.5 Å². The fraction of sp³-hybridized carbons (Fsp3) is 0.643. The molecule has 2 aromatic rings. The Morgan fingerprint density at radius 2 is 2.10 bits per heavy atom. The van der Waals surface area contributed by atoms with E-state index in [-0.39, 0.29) is 0 Å². The summed E-state index contributed by atoms with van der Waals surface area (Å²) in [7, 11) is 0. The molecule has 0 spiro atoms. The number of rotatable bonds is 6. The maximum Gasteiger partial charge on any atom is 0.165 e. The molecule has 0 aliphatic heterocycles. The van der Waals surface area contributed by atoms with Crippen molar-refractivity contribution < 1.29 is 4.42 Å². The van der Waals surface area contributed by atoms with Gasteiger partial charge in [-0.25, -0.2) is 4.68 Å². The molecule has 20 heavy (non-hydrogen) atoms. The number of aryl methyl sites for hydroxylation is 1. The summed E-state index contributed by atoms with van der Waals surface area (Å²) in [4.78, 5) is 2.43. The first-order valence-corrected chi connectivity index (χ1v) is 7.36. The van der Waals surface area contributed by atoms with Crippen LogP contribution in [0.3, 0.4) is 0 Å². The van der Waals surface area contributed by atoms with E-state index in [1.54, 1.807) is 0 Å². The molecule has 0 amide bonds. The molecule has 0 radical (unpaired) electrons. The van der Waals surface area contributed by atoms with Crippen molar-refractivity contribution in [3.8, 4) is 0 Å². The molecule has 2 aromatic heterocycles. The van der Waals surface area contributed by atoms with Crippen molar-refractivity contribution in [1.82, 2.24) is 25.1 Å². The molecule has 2 heterocycles. The van der Waals surface area contributed by atoms with Gasteiger partial charge in [-0.3, -0.25) is 4.90 Å². The third-order valence-electron chi connectivity index (χ3n) is 4.02. The standard InChI is InChI=1S/C14H19N5O/c1-10-2-7-13(20-10)8-18(11-3-4-11)9-14-15-16-17-19(14)12-5-6-12/h2,7,11-12H,3-6,8-9H2,1H3. The Balaban J connectivity index is 1.49. The third-order valence-corrected chi connectivity index (χ3v) is 4.02. The number of hydrogen-bond acceptors (Lipinski definition) is 5. The summed E-state index contributed by atoms with van der Waals surface area (Å²) in [6.45, 7) is 3.64. The van der Waals surface area contributed by atoms with Crippen LogP contribution in [0, 0.1) is 6.92 Å². The average molecular weight is 273 g/mol. The van der Waals surface area contributed by atoms with Crippen LogP contribution in [0.2, 0.25) is 0 Å². The molecule has 0 atom stereocenters. The maximum atomic E-state index is 5.70. The van der Waals surface area contributed by atoms with Crippen molar-refractivity contribution in [2.75, 3.05) is 0 Å². The normalized spacial score (nSPS) is 18.9. The Hall–Kier alpha value is -1.69. The molecular formula is C14H19N5O. The summed E-state index contributed by atoms with van der Waals surface area (Å²) < 4.78 is 7.70. The van der Waals surface area contributed by atoms with Crippen molar-refractivity contribution in [2.24, 2.45) is 0 Å². The molecule has 0 bridgehead atoms. The highest BCUT2D eigenvalue weighted by Crippen LogP contribution is 2.35. The Kier molecular flexibility index (Phi) is 2.84. The van der Waals surface area contributed by atoms with E-state index in [0.717, 1.165) is 30.4 Å². The minimum absolute atomic E-state index is 0.534. The highest BCUT2D eigenvalue weighted by Gasteiger charge is 2.33. The second-order valence-electron chi connectivity index (χ2n) is 5.92. The van der Waals surface area contributed by atoms with E-state index in [1.165, 1.54) is 25.7 Å². The molecule has 2 aliphatic carbocycles. The van der Waals surface area contributed by atoms with E-state index in [4.69, 9.17) is 4.42 Å². The number of hydrogen-bond donors (Lipinski definition) is 0. The molecule has 6 heteroatoms. The van der Waals surface area contributed by atoms with Crippen molar-refractivity contribution in [1.29, 1.82) is 0 Å². The lowest BCUT2D eigenvalue weighted by atomic mass is 10.3. The fourth-order valence-corrected chi connectivity index (χ4v) is 2.62. The largest absolute Gasteiger partial charge is 0.465 e. The molecule has 0 unspecified atom stereocenters. The van der Waals surface area contributed by atoms with Crippen LogP contribution in [-0.2, 0) is 13.1 Å². The first-order chi connectivity index (χ1) is 9.79. The van der Waals surface area contributed by atoms with Crippen molar-refractivity contribution >= 4 is 0 Å². The first-order valence-electron chi connectivity index (χ1n) is 7.36. The van der Waals surface area contributed by atoms with Crippen LogP contribution in [-0.4, -0.2) is 31.1 Å². The number of furan rings is 1. The highest BCUT2D eigenvalue weighted by atomic mass is 16.3. The Morgan fingerprint density at radius 1 is 1.25 bits per heavy atom. The van der Waals surface area contributed by atoms with Gasteiger partial charge in [0.15, 0.2) is 5.82 Å². The van der Waals surface area contributed by atoms with Gasteiger partial charge in [0, 0.05) is 6.04 Å². The summed E-state index contributed by atoms with van der Waals surface area (Å²) in [5.41, 5.74) is 0. The molecule has 2 aliphatic rings. The zero-order valence-electron chi connectivity index (χ0n) is 11.7. The van der Waals surface area contributed by atoms with Gasteiger partial charge >= 0.3 is 0 Å². The molecular weight excluding hydrogens is 254 g/mol. The van der Waals surface area contributed by atoms with E-state index in [2.05, 4.69) is 26.5 Å². The van der Waals surface area contributed by atoms with Gasteiger partial charge < -0.3 is 4.42 Å². The Bertz CT molecular complexity index is 596. The smallest absolute Gasteiger partial charge is 0.165 e. The lowest BCUT2D eigenvalue weighted by Gasteiger charge is -2.20. The van der Waals surface area contributed by atoms with Crippen LogP contribution in [0.15, 0.2) is 16.5 Å². The van der Waals surface area contributed by atoms with Crippen LogP contribution < -0.4 is 0 Å². The zero-order valence-corrected chi connectivity index (χ0v) is 11.7. The van der Waals surface area contributed by atoms with Gasteiger partial charge in [0.05, 0.1) is 19.1 Å². The minimum atomic E-state index is 0.534. The Labute approximate surface area is 117 Å². The van der Waals surface area contributed by atoms with Gasteiger partial charge in [-0.15, -0.1) is 5.10 Å². The molecule has 2 fully saturated rings. The fourth-order valence-electron chi connectivity index (χ4n) is 2.62. The van der Waals surface area contributed by atoms with Crippen LogP contribution in [0.25, 0.3) is 0 Å². The molecule has 2 saturated carbocycles. The summed E-state index contributed by atoms with van der Waals surface area (Å²) >= 11 is 0. The van der Waals surface area contributed by atoms with Crippen LogP contribution in [0.5, 0.6) is 0 Å². The van der Waals surface area contributed by atoms with Crippen LogP contribution >= 0.6 is 0 Å². The van der Waals surface area contributed by atoms with Crippen molar-refractivity contribution in [3.05, 3.63) is 29.5 Å². The van der Waals surface area contributed by atoms with E-state index in [9.17, 15) is 0 Å². The van der Waals surface area contributed by atoms with Gasteiger partial charge in [-0.05, 0) is 55.2 Å². The van der Waals surface area contributed by atoms with Crippen molar-refractivity contribution in [3.63, 3.8) is 0 Å². The van der Waals surface area contributed by atoms with Gasteiger partial charge in [-0.1, -0.05) is 0 Å². The topological polar surface area (TPSA) is 60.0 Å². The van der Waals surface area contributed by atoms with Gasteiger partial charge in [0.2, 0.25) is 0 Å². The molecule has 6 nitrogen and oxygen atoms in total. The quantitative estimate of drug-likeness (QED) is 0.806. The monoisotopic (exact) mass is 273 g/mol. The first kappa shape index (κ1) is 12.1. The van der Waals surface area contributed by atoms with E-state index < -0.39 is 0 Å². The number of tetrazole rings is 1. The Morgan fingerprint density at radius 3 is 2.75 bits per heavy atom. The number of aromatic nitrogens is 4. The summed E-state index contributed by atoms with van der Waals surface area (Å²) in [5.74, 6) is 2.99.